The van der Waals surface area contributed by atoms with E-state index >= 15 is 0 Å². The van der Waals surface area contributed by atoms with Gasteiger partial charge in [0.05, 0.1) is 18.2 Å². The number of β-amino-alcohol motifs (C(OH)–C–C–N with tert-alkyl or cyclic N) is 1. The molecule has 2 atom stereocenters. The number of aliphatic hydroxyl groups is 1. The van der Waals surface area contributed by atoms with Crippen molar-refractivity contribution in [2.24, 2.45) is 11.5 Å². The zero-order chi connectivity index (χ0) is 15.3. The third-order valence-corrected chi connectivity index (χ3v) is 3.88. The average molecular weight is 286 g/mol. The fourth-order valence-corrected chi connectivity index (χ4v) is 2.88. The molecule has 0 spiro atoms. The van der Waals surface area contributed by atoms with E-state index in [0.717, 1.165) is 0 Å². The number of nitrogens with zero attached hydrogens (tertiary/aromatic N) is 2. The summed E-state index contributed by atoms with van der Waals surface area (Å²) in [7, 11) is 0. The summed E-state index contributed by atoms with van der Waals surface area (Å²) in [4.78, 5) is 26.7. The second-order valence-electron chi connectivity index (χ2n) is 5.30. The molecule has 0 radical (unpaired) electrons. The predicted molar refractivity (Wildman–Crippen MR) is 75.7 cm³/mol. The fourth-order valence-electron chi connectivity index (χ4n) is 2.88. The number of carbonyl (C=O) groups excluding carboxylic acids is 2. The highest BCUT2D eigenvalue weighted by molar-refractivity contribution is 5.80. The molecule has 0 aliphatic carbocycles. The van der Waals surface area contributed by atoms with Gasteiger partial charge in [-0.1, -0.05) is 13.8 Å². The highest BCUT2D eigenvalue weighted by Crippen LogP contribution is 2.13. The van der Waals surface area contributed by atoms with E-state index in [4.69, 9.17) is 11.5 Å². The van der Waals surface area contributed by atoms with Gasteiger partial charge in [-0.05, 0) is 12.8 Å². The van der Waals surface area contributed by atoms with Crippen molar-refractivity contribution >= 4 is 11.8 Å². The lowest BCUT2D eigenvalue weighted by Crippen LogP contribution is -2.48. The Kier molecular flexibility index (Phi) is 6.38. The molecule has 1 aliphatic rings. The maximum absolute atomic E-state index is 11.4. The molecule has 7 heteroatoms. The van der Waals surface area contributed by atoms with Gasteiger partial charge in [0.1, 0.15) is 0 Å². The molecule has 1 fully saturated rings. The second kappa shape index (κ2) is 7.56. The van der Waals surface area contributed by atoms with Crippen LogP contribution in [0.25, 0.3) is 0 Å². The number of rotatable bonds is 6. The summed E-state index contributed by atoms with van der Waals surface area (Å²) in [6.07, 6.45) is 0.587. The molecule has 20 heavy (non-hydrogen) atoms. The molecular formula is C13H26N4O3. The maximum Gasteiger partial charge on any atom is 0.234 e. The molecule has 0 saturated carbocycles. The Morgan fingerprint density at radius 3 is 1.65 bits per heavy atom. The fraction of sp³-hybridized carbons (Fsp3) is 0.846. The molecule has 0 aromatic rings. The van der Waals surface area contributed by atoms with Crippen LogP contribution >= 0.6 is 0 Å². The molecule has 1 heterocycles. The number of hydrogen-bond acceptors (Lipinski definition) is 5. The second-order valence-corrected chi connectivity index (χ2v) is 5.30. The monoisotopic (exact) mass is 286 g/mol. The van der Waals surface area contributed by atoms with Gasteiger partial charge in [0, 0.05) is 26.2 Å². The Balaban J connectivity index is 2.78. The largest absolute Gasteiger partial charge is 0.390 e. The summed E-state index contributed by atoms with van der Waals surface area (Å²) < 4.78 is 0. The molecule has 2 unspecified atom stereocenters. The summed E-state index contributed by atoms with van der Waals surface area (Å²) >= 11 is 0. The zero-order valence-electron chi connectivity index (χ0n) is 12.3. The summed E-state index contributed by atoms with van der Waals surface area (Å²) in [5, 5.41) is 10.1. The van der Waals surface area contributed by atoms with E-state index in [9.17, 15) is 14.7 Å². The molecule has 1 rings (SSSR count). The van der Waals surface area contributed by atoms with Crippen molar-refractivity contribution in [3.8, 4) is 0 Å². The SMILES string of the molecule is CCC(C(N)=O)N1CCN(C(CC)C(N)=O)CC(O)C1. The minimum Gasteiger partial charge on any atom is -0.390 e. The van der Waals surface area contributed by atoms with Crippen LogP contribution in [-0.4, -0.2) is 71.1 Å². The molecule has 0 aromatic carbocycles. The topological polar surface area (TPSA) is 113 Å². The average Bonchev–Trinajstić information content (AvgIpc) is 2.52. The van der Waals surface area contributed by atoms with Gasteiger partial charge in [0.25, 0.3) is 0 Å². The molecule has 1 aliphatic heterocycles. The van der Waals surface area contributed by atoms with E-state index in [-0.39, 0.29) is 23.9 Å². The molecule has 116 valence electrons. The molecule has 1 saturated heterocycles. The van der Waals surface area contributed by atoms with Gasteiger partial charge in [0.2, 0.25) is 11.8 Å². The van der Waals surface area contributed by atoms with Crippen molar-refractivity contribution in [3.63, 3.8) is 0 Å². The van der Waals surface area contributed by atoms with Crippen LogP contribution in [0.15, 0.2) is 0 Å². The number of primary amides is 2. The van der Waals surface area contributed by atoms with Crippen LogP contribution in [0.5, 0.6) is 0 Å². The number of nitrogens with two attached hydrogens (primary N) is 2. The zero-order valence-corrected chi connectivity index (χ0v) is 12.3. The van der Waals surface area contributed by atoms with Gasteiger partial charge in [-0.15, -0.1) is 0 Å². The van der Waals surface area contributed by atoms with E-state index in [1.807, 2.05) is 23.6 Å². The van der Waals surface area contributed by atoms with Crippen LogP contribution in [0.2, 0.25) is 0 Å². The minimum atomic E-state index is -0.626. The van der Waals surface area contributed by atoms with Crippen molar-refractivity contribution in [3.05, 3.63) is 0 Å². The van der Waals surface area contributed by atoms with Gasteiger partial charge in [-0.2, -0.15) is 0 Å². The molecule has 0 bridgehead atoms. The van der Waals surface area contributed by atoms with Crippen LogP contribution in [-0.2, 0) is 9.59 Å². The van der Waals surface area contributed by atoms with Gasteiger partial charge >= 0.3 is 0 Å². The summed E-state index contributed by atoms with van der Waals surface area (Å²) in [5.74, 6) is -0.759. The first-order valence-corrected chi connectivity index (χ1v) is 7.15. The standard InChI is InChI=1S/C13H26N4O3/c1-3-10(12(14)19)16-5-6-17(8-9(18)7-16)11(4-2)13(15)20/h9-11,18H,3-8H2,1-2H3,(H2,14,19)(H2,15,20). The maximum atomic E-state index is 11.4. The highest BCUT2D eigenvalue weighted by atomic mass is 16.3. The van der Waals surface area contributed by atoms with Gasteiger partial charge in [0.15, 0.2) is 0 Å². The molecule has 5 N–H and O–H groups in total. The first kappa shape index (κ1) is 16.9. The van der Waals surface area contributed by atoms with Gasteiger partial charge in [-0.3, -0.25) is 19.4 Å². The number of aliphatic hydroxyl groups excluding tert-OH is 1. The van der Waals surface area contributed by atoms with E-state index in [1.165, 1.54) is 0 Å². The lowest BCUT2D eigenvalue weighted by molar-refractivity contribution is -0.124. The minimum absolute atomic E-state index is 0.377. The number of hydrogen-bond donors (Lipinski definition) is 3. The van der Waals surface area contributed by atoms with Gasteiger partial charge < -0.3 is 16.6 Å². The van der Waals surface area contributed by atoms with Crippen LogP contribution < -0.4 is 11.5 Å². The summed E-state index contributed by atoms with van der Waals surface area (Å²) in [6.45, 7) is 5.72. The highest BCUT2D eigenvalue weighted by Gasteiger charge is 2.31. The van der Waals surface area contributed by atoms with E-state index in [0.29, 0.717) is 39.0 Å². The normalized spacial score (nSPS) is 24.9. The third-order valence-electron chi connectivity index (χ3n) is 3.88. The van der Waals surface area contributed by atoms with Crippen molar-refractivity contribution in [1.82, 2.24) is 9.80 Å². The lowest BCUT2D eigenvalue weighted by atomic mass is 10.1. The molecule has 7 nitrogen and oxygen atoms in total. The Morgan fingerprint density at radius 2 is 1.40 bits per heavy atom. The van der Waals surface area contributed by atoms with Crippen LogP contribution in [0.1, 0.15) is 26.7 Å². The first-order chi connectivity index (χ1) is 9.40. The van der Waals surface area contributed by atoms with Crippen LogP contribution in [0.4, 0.5) is 0 Å². The van der Waals surface area contributed by atoms with Crippen molar-refractivity contribution < 1.29 is 14.7 Å². The Morgan fingerprint density at radius 1 is 1.05 bits per heavy atom. The summed E-state index contributed by atoms with van der Waals surface area (Å²) in [6, 6.07) is -0.753. The van der Waals surface area contributed by atoms with Crippen LogP contribution in [0, 0.1) is 0 Å². The van der Waals surface area contributed by atoms with E-state index in [1.54, 1.807) is 0 Å². The number of carbonyl (C=O) groups is 2. The first-order valence-electron chi connectivity index (χ1n) is 7.15. The molecule has 0 aromatic heterocycles. The Hall–Kier alpha value is -1.18. The summed E-state index contributed by atoms with van der Waals surface area (Å²) in [5.41, 5.74) is 10.8. The Labute approximate surface area is 119 Å². The quantitative estimate of drug-likeness (QED) is 0.549. The van der Waals surface area contributed by atoms with Crippen LogP contribution in [0.3, 0.4) is 0 Å². The molecular weight excluding hydrogens is 260 g/mol. The van der Waals surface area contributed by atoms with E-state index in [2.05, 4.69) is 0 Å². The van der Waals surface area contributed by atoms with Crippen molar-refractivity contribution in [1.29, 1.82) is 0 Å². The smallest absolute Gasteiger partial charge is 0.234 e. The Bertz CT molecular complexity index is 319. The molecule has 2 amide bonds. The van der Waals surface area contributed by atoms with E-state index < -0.39 is 6.10 Å². The predicted octanol–water partition coefficient (Wildman–Crippen LogP) is -1.51. The number of amides is 2. The van der Waals surface area contributed by atoms with Crippen molar-refractivity contribution in [2.45, 2.75) is 44.9 Å². The van der Waals surface area contributed by atoms with Gasteiger partial charge in [-0.25, -0.2) is 0 Å². The third kappa shape index (κ3) is 4.16. The van der Waals surface area contributed by atoms with Crippen molar-refractivity contribution in [2.75, 3.05) is 26.2 Å². The lowest BCUT2D eigenvalue weighted by Gasteiger charge is -2.29.